The van der Waals surface area contributed by atoms with E-state index < -0.39 is 6.10 Å². The highest BCUT2D eigenvalue weighted by molar-refractivity contribution is 8.18. The van der Waals surface area contributed by atoms with E-state index in [2.05, 4.69) is 48.3 Å². The van der Waals surface area contributed by atoms with Gasteiger partial charge in [0.25, 0.3) is 0 Å². The number of benzene rings is 2. The van der Waals surface area contributed by atoms with Crippen LogP contribution in [0, 0.1) is 0 Å². The fourth-order valence-electron chi connectivity index (χ4n) is 3.47. The third-order valence-corrected chi connectivity index (χ3v) is 8.32. The second kappa shape index (κ2) is 7.14. The maximum absolute atomic E-state index is 11.4. The molecule has 1 unspecified atom stereocenters. The maximum Gasteiger partial charge on any atom is 0.143 e. The lowest BCUT2D eigenvalue weighted by Gasteiger charge is -2.41. The van der Waals surface area contributed by atoms with E-state index in [9.17, 15) is 5.11 Å². The normalized spacial score (nSPS) is 20.5. The Balaban J connectivity index is 1.73. The number of fused-ring (bicyclic) bond motifs is 1. The summed E-state index contributed by atoms with van der Waals surface area (Å²) in [5.41, 5.74) is 3.22. The minimum Gasteiger partial charge on any atom is -0.490 e. The van der Waals surface area contributed by atoms with Gasteiger partial charge in [0, 0.05) is 7.05 Å². The molecule has 0 amide bonds. The summed E-state index contributed by atoms with van der Waals surface area (Å²) in [6.45, 7) is 1.59. The Bertz CT molecular complexity index is 732. The molecule has 3 nitrogen and oxygen atoms in total. The summed E-state index contributed by atoms with van der Waals surface area (Å²) in [5, 5.41) is 11.4. The molecule has 0 bridgehead atoms. The highest BCUT2D eigenvalue weighted by Crippen LogP contribution is 2.57. The predicted molar refractivity (Wildman–Crippen MR) is 108 cm³/mol. The van der Waals surface area contributed by atoms with Crippen LogP contribution >= 0.6 is 23.5 Å². The number of anilines is 1. The lowest BCUT2D eigenvalue weighted by atomic mass is 9.99. The Labute approximate surface area is 157 Å². The van der Waals surface area contributed by atoms with Gasteiger partial charge in [-0.1, -0.05) is 36.4 Å². The standard InChI is InChI=1S/C20H23NO2S2/c1-21-10-11-23-18-14-15(8-9-17(18)21)19(22)20(24-12-5-13-25-20)16-6-3-2-4-7-16/h2-4,6-9,14,19,22H,5,10-13H2,1H3. The van der Waals surface area contributed by atoms with Crippen LogP contribution in [0.4, 0.5) is 5.69 Å². The molecule has 0 saturated carbocycles. The monoisotopic (exact) mass is 373 g/mol. The molecule has 2 aliphatic heterocycles. The van der Waals surface area contributed by atoms with Crippen LogP contribution < -0.4 is 9.64 Å². The van der Waals surface area contributed by atoms with E-state index >= 15 is 0 Å². The van der Waals surface area contributed by atoms with Gasteiger partial charge in [-0.3, -0.25) is 0 Å². The Kier molecular flexibility index (Phi) is 4.89. The first kappa shape index (κ1) is 17.1. The van der Waals surface area contributed by atoms with Gasteiger partial charge in [-0.25, -0.2) is 0 Å². The van der Waals surface area contributed by atoms with Gasteiger partial charge in [-0.05, 0) is 41.2 Å². The number of rotatable bonds is 3. The van der Waals surface area contributed by atoms with Crippen LogP contribution in [0.25, 0.3) is 0 Å². The number of hydrogen-bond donors (Lipinski definition) is 1. The summed E-state index contributed by atoms with van der Waals surface area (Å²) in [5.74, 6) is 3.02. The summed E-state index contributed by atoms with van der Waals surface area (Å²) < 4.78 is 5.49. The molecule has 1 atom stereocenters. The molecule has 0 aromatic heterocycles. The van der Waals surface area contributed by atoms with Crippen molar-refractivity contribution in [3.8, 4) is 5.75 Å². The Morgan fingerprint density at radius 3 is 2.64 bits per heavy atom. The highest BCUT2D eigenvalue weighted by atomic mass is 32.2. The smallest absolute Gasteiger partial charge is 0.143 e. The second-order valence-electron chi connectivity index (χ2n) is 6.48. The van der Waals surface area contributed by atoms with E-state index in [1.165, 1.54) is 12.0 Å². The maximum atomic E-state index is 11.4. The van der Waals surface area contributed by atoms with Gasteiger partial charge in [0.1, 0.15) is 22.5 Å². The van der Waals surface area contributed by atoms with Crippen LogP contribution in [0.1, 0.15) is 23.7 Å². The Morgan fingerprint density at radius 1 is 1.12 bits per heavy atom. The molecular weight excluding hydrogens is 350 g/mol. The molecule has 1 N–H and O–H groups in total. The van der Waals surface area contributed by atoms with Crippen molar-refractivity contribution < 1.29 is 9.84 Å². The van der Waals surface area contributed by atoms with Gasteiger partial charge in [0.2, 0.25) is 0 Å². The van der Waals surface area contributed by atoms with E-state index in [-0.39, 0.29) is 4.08 Å². The minimum absolute atomic E-state index is 0.353. The van der Waals surface area contributed by atoms with Crippen molar-refractivity contribution in [3.63, 3.8) is 0 Å². The third-order valence-electron chi connectivity index (χ3n) is 4.85. The molecular formula is C20H23NO2S2. The quantitative estimate of drug-likeness (QED) is 0.869. The van der Waals surface area contributed by atoms with Crippen molar-refractivity contribution in [2.45, 2.75) is 16.6 Å². The number of likely N-dealkylation sites (N-methyl/N-ethyl adjacent to an activating group) is 1. The molecule has 2 aliphatic rings. The number of aliphatic hydroxyl groups is 1. The summed E-state index contributed by atoms with van der Waals surface area (Å²) in [7, 11) is 2.08. The number of thioether (sulfide) groups is 2. The van der Waals surface area contributed by atoms with E-state index in [1.54, 1.807) is 0 Å². The number of ether oxygens (including phenoxy) is 1. The predicted octanol–water partition coefficient (Wildman–Crippen LogP) is 4.27. The number of nitrogens with zero attached hydrogens (tertiary/aromatic N) is 1. The fourth-order valence-corrected chi connectivity index (χ4v) is 6.86. The first-order valence-electron chi connectivity index (χ1n) is 8.70. The summed E-state index contributed by atoms with van der Waals surface area (Å²) in [6, 6.07) is 16.6. The first-order chi connectivity index (χ1) is 12.2. The Hall–Kier alpha value is -1.30. The molecule has 2 aromatic rings. The SMILES string of the molecule is CN1CCOc2cc(C(O)C3(c4ccccc4)SCCCS3)ccc21. The number of hydrogen-bond acceptors (Lipinski definition) is 5. The van der Waals surface area contributed by atoms with Gasteiger partial charge in [-0.15, -0.1) is 23.5 Å². The van der Waals surface area contributed by atoms with Gasteiger partial charge >= 0.3 is 0 Å². The van der Waals surface area contributed by atoms with E-state index in [0.717, 1.165) is 35.1 Å². The van der Waals surface area contributed by atoms with Crippen molar-refractivity contribution in [2.24, 2.45) is 0 Å². The average molecular weight is 374 g/mol. The van der Waals surface area contributed by atoms with Gasteiger partial charge in [0.15, 0.2) is 0 Å². The molecule has 0 spiro atoms. The van der Waals surface area contributed by atoms with Crippen molar-refractivity contribution in [2.75, 3.05) is 36.6 Å². The molecule has 0 aliphatic carbocycles. The molecule has 4 rings (SSSR count). The van der Waals surface area contributed by atoms with Gasteiger partial charge < -0.3 is 14.7 Å². The summed E-state index contributed by atoms with van der Waals surface area (Å²) >= 11 is 3.73. The fraction of sp³-hybridized carbons (Fsp3) is 0.400. The van der Waals surface area contributed by atoms with Crippen molar-refractivity contribution in [1.82, 2.24) is 0 Å². The third kappa shape index (κ3) is 3.14. The molecule has 0 radical (unpaired) electrons. The zero-order valence-electron chi connectivity index (χ0n) is 14.4. The molecule has 132 valence electrons. The summed E-state index contributed by atoms with van der Waals surface area (Å²) in [4.78, 5) is 2.20. The molecule has 1 saturated heterocycles. The van der Waals surface area contributed by atoms with Crippen LogP contribution in [-0.4, -0.2) is 36.8 Å². The van der Waals surface area contributed by atoms with Crippen LogP contribution in [-0.2, 0) is 4.08 Å². The molecule has 2 aromatic carbocycles. The number of aliphatic hydroxyl groups excluding tert-OH is 1. The van der Waals surface area contributed by atoms with Gasteiger partial charge in [0.05, 0.1) is 12.2 Å². The molecule has 25 heavy (non-hydrogen) atoms. The largest absolute Gasteiger partial charge is 0.490 e. The van der Waals surface area contributed by atoms with Crippen molar-refractivity contribution in [1.29, 1.82) is 0 Å². The minimum atomic E-state index is -0.577. The first-order valence-corrected chi connectivity index (χ1v) is 10.7. The topological polar surface area (TPSA) is 32.7 Å². The van der Waals surface area contributed by atoms with Crippen LogP contribution in [0.15, 0.2) is 48.5 Å². The summed E-state index contributed by atoms with van der Waals surface area (Å²) in [6.07, 6.45) is 0.612. The van der Waals surface area contributed by atoms with E-state index in [1.807, 2.05) is 35.7 Å². The van der Waals surface area contributed by atoms with Crippen LogP contribution in [0.2, 0.25) is 0 Å². The van der Waals surface area contributed by atoms with Crippen molar-refractivity contribution >= 4 is 29.2 Å². The second-order valence-corrected chi connectivity index (χ2v) is 9.42. The Morgan fingerprint density at radius 2 is 1.88 bits per heavy atom. The zero-order valence-corrected chi connectivity index (χ0v) is 16.0. The van der Waals surface area contributed by atoms with Crippen molar-refractivity contribution in [3.05, 3.63) is 59.7 Å². The zero-order chi connectivity index (χ0) is 17.3. The molecule has 2 heterocycles. The molecule has 5 heteroatoms. The van der Waals surface area contributed by atoms with E-state index in [4.69, 9.17) is 4.74 Å². The van der Waals surface area contributed by atoms with Crippen LogP contribution in [0.5, 0.6) is 5.75 Å². The average Bonchev–Trinajstić information content (AvgIpc) is 2.68. The van der Waals surface area contributed by atoms with Gasteiger partial charge in [-0.2, -0.15) is 0 Å². The van der Waals surface area contributed by atoms with Crippen LogP contribution in [0.3, 0.4) is 0 Å². The highest BCUT2D eigenvalue weighted by Gasteiger charge is 2.43. The lowest BCUT2D eigenvalue weighted by molar-refractivity contribution is 0.162. The van der Waals surface area contributed by atoms with E-state index in [0.29, 0.717) is 6.61 Å². The molecule has 1 fully saturated rings. The lowest BCUT2D eigenvalue weighted by Crippen LogP contribution is -2.31.